The van der Waals surface area contributed by atoms with Crippen molar-refractivity contribution < 1.29 is 0 Å². The molecule has 2 N–H and O–H groups in total. The van der Waals surface area contributed by atoms with E-state index in [1.807, 2.05) is 22.8 Å². The molecule has 0 saturated carbocycles. The molecule has 3 nitrogen and oxygen atoms in total. The van der Waals surface area contributed by atoms with Crippen molar-refractivity contribution in [1.29, 1.82) is 0 Å². The maximum Gasteiger partial charge on any atom is 0.0675 e. The lowest BCUT2D eigenvalue weighted by molar-refractivity contribution is 0.860. The molecule has 0 bridgehead atoms. The lowest BCUT2D eigenvalue weighted by Crippen LogP contribution is -2.03. The van der Waals surface area contributed by atoms with Crippen LogP contribution in [-0.2, 0) is 6.42 Å². The molecule has 68 valence electrons. The second-order valence-electron chi connectivity index (χ2n) is 2.89. The van der Waals surface area contributed by atoms with Crippen LogP contribution < -0.4 is 5.73 Å². The molecule has 0 spiro atoms. The highest BCUT2D eigenvalue weighted by Crippen LogP contribution is 2.13. The Balaban J connectivity index is 2.49. The number of nitrogens with two attached hydrogens (primary N) is 1. The number of pyridine rings is 1. The van der Waals surface area contributed by atoms with Crippen molar-refractivity contribution in [3.8, 4) is 0 Å². The van der Waals surface area contributed by atoms with Crippen molar-refractivity contribution >= 4 is 21.4 Å². The second kappa shape index (κ2) is 3.47. The molecule has 0 amide bonds. The molecule has 0 aromatic carbocycles. The SMILES string of the molecule is NCCc1cc2cc(Br)ccn2n1. The molecule has 0 aliphatic carbocycles. The summed E-state index contributed by atoms with van der Waals surface area (Å²) in [7, 11) is 0. The maximum atomic E-state index is 5.45. The number of aromatic nitrogens is 2. The Morgan fingerprint density at radius 2 is 2.31 bits per heavy atom. The van der Waals surface area contributed by atoms with E-state index in [0.29, 0.717) is 6.54 Å². The monoisotopic (exact) mass is 239 g/mol. The smallest absolute Gasteiger partial charge is 0.0675 e. The van der Waals surface area contributed by atoms with E-state index in [4.69, 9.17) is 5.73 Å². The highest BCUT2D eigenvalue weighted by Gasteiger charge is 2.00. The quantitative estimate of drug-likeness (QED) is 0.866. The van der Waals surface area contributed by atoms with Crippen LogP contribution in [0.2, 0.25) is 0 Å². The van der Waals surface area contributed by atoms with Gasteiger partial charge in [0.15, 0.2) is 0 Å². The van der Waals surface area contributed by atoms with Crippen molar-refractivity contribution in [3.05, 3.63) is 34.6 Å². The Labute approximate surface area is 84.7 Å². The fourth-order valence-electron chi connectivity index (χ4n) is 1.29. The Hall–Kier alpha value is -0.870. The molecule has 2 aromatic heterocycles. The number of hydrogen-bond donors (Lipinski definition) is 1. The molecule has 0 fully saturated rings. The lowest BCUT2D eigenvalue weighted by Gasteiger charge is -1.91. The van der Waals surface area contributed by atoms with Gasteiger partial charge in [-0.15, -0.1) is 0 Å². The third kappa shape index (κ3) is 1.73. The van der Waals surface area contributed by atoms with Gasteiger partial charge in [-0.3, -0.25) is 0 Å². The number of halogens is 1. The van der Waals surface area contributed by atoms with Crippen molar-refractivity contribution in [2.45, 2.75) is 6.42 Å². The topological polar surface area (TPSA) is 43.3 Å². The van der Waals surface area contributed by atoms with Gasteiger partial charge < -0.3 is 5.73 Å². The van der Waals surface area contributed by atoms with Gasteiger partial charge in [-0.05, 0) is 24.7 Å². The molecule has 2 aromatic rings. The minimum absolute atomic E-state index is 0.644. The summed E-state index contributed by atoms with van der Waals surface area (Å²) in [5.41, 5.74) is 7.59. The van der Waals surface area contributed by atoms with E-state index in [1.165, 1.54) is 0 Å². The van der Waals surface area contributed by atoms with Gasteiger partial charge in [0.1, 0.15) is 0 Å². The van der Waals surface area contributed by atoms with Crippen molar-refractivity contribution in [2.24, 2.45) is 5.73 Å². The number of rotatable bonds is 2. The standard InChI is InChI=1S/C9H10BrN3/c10-7-2-4-13-9(5-7)6-8(12-13)1-3-11/h2,4-6H,1,3,11H2. The van der Waals surface area contributed by atoms with Crippen molar-refractivity contribution in [1.82, 2.24) is 9.61 Å². The Kier molecular flexibility index (Phi) is 2.33. The first-order valence-corrected chi connectivity index (χ1v) is 4.93. The van der Waals surface area contributed by atoms with Crippen LogP contribution in [0, 0.1) is 0 Å². The summed E-state index contributed by atoms with van der Waals surface area (Å²) in [6.07, 6.45) is 2.76. The van der Waals surface area contributed by atoms with Crippen LogP contribution in [0.1, 0.15) is 5.69 Å². The number of fused-ring (bicyclic) bond motifs is 1. The fraction of sp³-hybridized carbons (Fsp3) is 0.222. The maximum absolute atomic E-state index is 5.45. The summed E-state index contributed by atoms with van der Waals surface area (Å²) < 4.78 is 2.93. The second-order valence-corrected chi connectivity index (χ2v) is 3.80. The first kappa shape index (κ1) is 8.72. The molecule has 0 saturated heterocycles. The molecule has 4 heteroatoms. The first-order valence-electron chi connectivity index (χ1n) is 4.13. The van der Waals surface area contributed by atoms with Crippen LogP contribution in [-0.4, -0.2) is 16.2 Å². The zero-order valence-electron chi connectivity index (χ0n) is 7.07. The molecular formula is C9H10BrN3. The van der Waals surface area contributed by atoms with Gasteiger partial charge in [0.25, 0.3) is 0 Å². The molecule has 0 aliphatic rings. The summed E-state index contributed by atoms with van der Waals surface area (Å²) in [6, 6.07) is 6.05. The van der Waals surface area contributed by atoms with Gasteiger partial charge >= 0.3 is 0 Å². The van der Waals surface area contributed by atoms with Crippen molar-refractivity contribution in [2.75, 3.05) is 6.54 Å². The van der Waals surface area contributed by atoms with E-state index in [9.17, 15) is 0 Å². The highest BCUT2D eigenvalue weighted by molar-refractivity contribution is 9.10. The third-order valence-corrected chi connectivity index (χ3v) is 2.37. The predicted octanol–water partition coefficient (Wildman–Crippen LogP) is 1.60. The molecule has 13 heavy (non-hydrogen) atoms. The third-order valence-electron chi connectivity index (χ3n) is 1.88. The Morgan fingerprint density at radius 1 is 1.46 bits per heavy atom. The average molecular weight is 240 g/mol. The lowest BCUT2D eigenvalue weighted by atomic mass is 10.3. The van der Waals surface area contributed by atoms with Gasteiger partial charge in [-0.1, -0.05) is 15.9 Å². The number of nitrogens with zero attached hydrogens (tertiary/aromatic N) is 2. The zero-order chi connectivity index (χ0) is 9.26. The summed E-state index contributed by atoms with van der Waals surface area (Å²) in [6.45, 7) is 0.644. The van der Waals surface area contributed by atoms with Gasteiger partial charge in [0, 0.05) is 17.1 Å². The minimum atomic E-state index is 0.644. The van der Waals surface area contributed by atoms with Crippen molar-refractivity contribution in [3.63, 3.8) is 0 Å². The fourth-order valence-corrected chi connectivity index (χ4v) is 1.64. The van der Waals surface area contributed by atoms with Crippen LogP contribution in [0.4, 0.5) is 0 Å². The average Bonchev–Trinajstić information content (AvgIpc) is 2.46. The van der Waals surface area contributed by atoms with Crippen LogP contribution in [0.5, 0.6) is 0 Å². The molecular weight excluding hydrogens is 230 g/mol. The molecule has 0 aliphatic heterocycles. The van der Waals surface area contributed by atoms with Crippen LogP contribution >= 0.6 is 15.9 Å². The van der Waals surface area contributed by atoms with Crippen LogP contribution in [0.15, 0.2) is 28.9 Å². The van der Waals surface area contributed by atoms with Gasteiger partial charge in [0.05, 0.1) is 11.2 Å². The first-order chi connectivity index (χ1) is 6.29. The van der Waals surface area contributed by atoms with E-state index in [0.717, 1.165) is 22.1 Å². The summed E-state index contributed by atoms with van der Waals surface area (Å²) in [5, 5.41) is 4.36. The van der Waals surface area contributed by atoms with E-state index in [2.05, 4.69) is 27.1 Å². The molecule has 0 atom stereocenters. The Morgan fingerprint density at radius 3 is 3.08 bits per heavy atom. The van der Waals surface area contributed by atoms with E-state index >= 15 is 0 Å². The normalized spacial score (nSPS) is 10.9. The largest absolute Gasteiger partial charge is 0.330 e. The Bertz CT molecular complexity index is 422. The van der Waals surface area contributed by atoms with Crippen LogP contribution in [0.3, 0.4) is 0 Å². The molecule has 0 radical (unpaired) electrons. The molecule has 0 unspecified atom stereocenters. The minimum Gasteiger partial charge on any atom is -0.330 e. The van der Waals surface area contributed by atoms with Gasteiger partial charge in [-0.25, -0.2) is 4.52 Å². The summed E-state index contributed by atoms with van der Waals surface area (Å²) >= 11 is 3.41. The van der Waals surface area contributed by atoms with Gasteiger partial charge in [-0.2, -0.15) is 5.10 Å². The zero-order valence-corrected chi connectivity index (χ0v) is 8.66. The van der Waals surface area contributed by atoms with E-state index in [-0.39, 0.29) is 0 Å². The van der Waals surface area contributed by atoms with Crippen LogP contribution in [0.25, 0.3) is 5.52 Å². The highest BCUT2D eigenvalue weighted by atomic mass is 79.9. The molecule has 2 heterocycles. The predicted molar refractivity (Wildman–Crippen MR) is 55.7 cm³/mol. The van der Waals surface area contributed by atoms with E-state index in [1.54, 1.807) is 0 Å². The van der Waals surface area contributed by atoms with Gasteiger partial charge in [0.2, 0.25) is 0 Å². The summed E-state index contributed by atoms with van der Waals surface area (Å²) in [5.74, 6) is 0. The number of hydrogen-bond acceptors (Lipinski definition) is 2. The molecule has 2 rings (SSSR count). The summed E-state index contributed by atoms with van der Waals surface area (Å²) in [4.78, 5) is 0. The van der Waals surface area contributed by atoms with E-state index < -0.39 is 0 Å².